The SMILES string of the molecule is CCCCCCCCCCCCCCCC(CCCCCCCC)c1[nH]cc[n+]1C(C)CCCCCCCCCCCCCC. The second-order valence-electron chi connectivity index (χ2n) is 15.1. The lowest BCUT2D eigenvalue weighted by molar-refractivity contribution is -0.727. The minimum atomic E-state index is 0.619. The highest BCUT2D eigenvalue weighted by Gasteiger charge is 2.25. The van der Waals surface area contributed by atoms with Crippen LogP contribution in [0.25, 0.3) is 0 Å². The minimum absolute atomic E-state index is 0.619. The van der Waals surface area contributed by atoms with Crippen molar-refractivity contribution in [3.8, 4) is 0 Å². The molecular weight excluding hydrogens is 544 g/mol. The Morgan fingerprint density at radius 2 is 0.711 bits per heavy atom. The number of aromatic amines is 1. The summed E-state index contributed by atoms with van der Waals surface area (Å²) in [6.07, 6.45) is 53.1. The first-order chi connectivity index (χ1) is 22.2. The number of nitrogens with one attached hydrogen (secondary N) is 1. The first-order valence-corrected chi connectivity index (χ1v) is 21.3. The maximum atomic E-state index is 3.75. The molecule has 1 aromatic rings. The molecule has 0 aliphatic rings. The van der Waals surface area contributed by atoms with E-state index in [-0.39, 0.29) is 0 Å². The van der Waals surface area contributed by atoms with Gasteiger partial charge in [-0.3, -0.25) is 0 Å². The molecule has 0 aliphatic heterocycles. The van der Waals surface area contributed by atoms with Crippen LogP contribution in [0.5, 0.6) is 0 Å². The van der Waals surface area contributed by atoms with E-state index in [1.165, 1.54) is 224 Å². The molecule has 2 nitrogen and oxygen atoms in total. The van der Waals surface area contributed by atoms with Gasteiger partial charge in [-0.15, -0.1) is 0 Å². The quantitative estimate of drug-likeness (QED) is 0.0563. The molecule has 0 radical (unpaired) electrons. The lowest BCUT2D eigenvalue weighted by Gasteiger charge is -2.17. The van der Waals surface area contributed by atoms with E-state index >= 15 is 0 Å². The van der Waals surface area contributed by atoms with Crippen molar-refractivity contribution in [2.75, 3.05) is 0 Å². The zero-order chi connectivity index (χ0) is 32.5. The lowest BCUT2D eigenvalue weighted by atomic mass is 9.92. The van der Waals surface area contributed by atoms with Crippen molar-refractivity contribution < 1.29 is 4.57 Å². The van der Waals surface area contributed by atoms with Gasteiger partial charge < -0.3 is 0 Å². The van der Waals surface area contributed by atoms with Crippen molar-refractivity contribution in [3.63, 3.8) is 0 Å². The Hall–Kier alpha value is -0.790. The fourth-order valence-electron chi connectivity index (χ4n) is 7.49. The van der Waals surface area contributed by atoms with Gasteiger partial charge in [0.15, 0.2) is 0 Å². The van der Waals surface area contributed by atoms with Gasteiger partial charge in [-0.05, 0) is 32.6 Å². The number of H-pyrrole nitrogens is 1. The first-order valence-electron chi connectivity index (χ1n) is 21.3. The molecule has 2 heteroatoms. The zero-order valence-corrected chi connectivity index (χ0v) is 31.8. The number of imidazole rings is 1. The second-order valence-corrected chi connectivity index (χ2v) is 15.1. The van der Waals surface area contributed by atoms with Crippen molar-refractivity contribution in [3.05, 3.63) is 18.2 Å². The second kappa shape index (κ2) is 33.1. The van der Waals surface area contributed by atoms with E-state index in [4.69, 9.17) is 0 Å². The van der Waals surface area contributed by atoms with E-state index < -0.39 is 0 Å². The predicted molar refractivity (Wildman–Crippen MR) is 202 cm³/mol. The van der Waals surface area contributed by atoms with Gasteiger partial charge in [0.2, 0.25) is 0 Å². The van der Waals surface area contributed by atoms with Crippen LogP contribution in [0.1, 0.15) is 264 Å². The van der Waals surface area contributed by atoms with Gasteiger partial charge in [0.25, 0.3) is 5.82 Å². The summed E-state index contributed by atoms with van der Waals surface area (Å²) in [5, 5.41) is 0. The molecular formula is C43H85N2+. The molecule has 1 rings (SSSR count). The van der Waals surface area contributed by atoms with Crippen molar-refractivity contribution >= 4 is 0 Å². The Bertz CT molecular complexity index is 694. The maximum absolute atomic E-state index is 3.75. The summed E-state index contributed by atoms with van der Waals surface area (Å²) in [6, 6.07) is 0.619. The van der Waals surface area contributed by atoms with Crippen molar-refractivity contribution in [2.45, 2.75) is 258 Å². The number of aromatic nitrogens is 2. The number of rotatable bonds is 36. The maximum Gasteiger partial charge on any atom is 0.257 e. The molecule has 1 aromatic heterocycles. The van der Waals surface area contributed by atoms with Crippen LogP contribution in [-0.2, 0) is 0 Å². The molecule has 0 amide bonds. The molecule has 0 fully saturated rings. The summed E-state index contributed by atoms with van der Waals surface area (Å²) in [5.41, 5.74) is 0. The Morgan fingerprint density at radius 1 is 0.422 bits per heavy atom. The third kappa shape index (κ3) is 25.0. The molecule has 0 saturated carbocycles. The third-order valence-corrected chi connectivity index (χ3v) is 10.6. The van der Waals surface area contributed by atoms with E-state index in [0.717, 1.165) is 0 Å². The summed E-state index contributed by atoms with van der Waals surface area (Å²) in [4.78, 5) is 3.75. The van der Waals surface area contributed by atoms with Gasteiger partial charge in [0, 0.05) is 0 Å². The molecule has 0 saturated heterocycles. The standard InChI is InChI=1S/C43H84N2/c1-5-8-11-14-17-19-21-23-25-27-29-32-35-38-42(37-34-31-16-13-10-7-3)43-44-39-40-45(43)41(4)36-33-30-28-26-24-22-20-18-15-12-9-6-2/h39-42H,5-38H2,1-4H3/p+1. The van der Waals surface area contributed by atoms with Gasteiger partial charge in [0.05, 0.1) is 12.0 Å². The van der Waals surface area contributed by atoms with Crippen LogP contribution in [0, 0.1) is 0 Å². The van der Waals surface area contributed by atoms with E-state index in [9.17, 15) is 0 Å². The lowest BCUT2D eigenvalue weighted by Crippen LogP contribution is -2.41. The summed E-state index contributed by atoms with van der Waals surface area (Å²) in [6.45, 7) is 9.43. The minimum Gasteiger partial charge on any atom is -0.247 e. The molecule has 2 atom stereocenters. The van der Waals surface area contributed by atoms with E-state index in [2.05, 4.69) is 49.6 Å². The summed E-state index contributed by atoms with van der Waals surface area (Å²) in [5.74, 6) is 2.25. The fraction of sp³-hybridized carbons (Fsp3) is 0.930. The van der Waals surface area contributed by atoms with Crippen molar-refractivity contribution in [1.82, 2.24) is 4.98 Å². The van der Waals surface area contributed by atoms with Gasteiger partial charge in [-0.1, -0.05) is 213 Å². The van der Waals surface area contributed by atoms with Crippen LogP contribution in [-0.4, -0.2) is 4.98 Å². The van der Waals surface area contributed by atoms with Crippen LogP contribution in [0.2, 0.25) is 0 Å². The third-order valence-electron chi connectivity index (χ3n) is 10.6. The number of hydrogen-bond donors (Lipinski definition) is 1. The topological polar surface area (TPSA) is 19.7 Å². The number of hydrogen-bond acceptors (Lipinski definition) is 0. The van der Waals surface area contributed by atoms with Crippen LogP contribution in [0.15, 0.2) is 12.4 Å². The summed E-state index contributed by atoms with van der Waals surface area (Å²) in [7, 11) is 0. The fourth-order valence-corrected chi connectivity index (χ4v) is 7.49. The highest BCUT2D eigenvalue weighted by Crippen LogP contribution is 2.27. The predicted octanol–water partition coefficient (Wildman–Crippen LogP) is 15.3. The Labute approximate surface area is 285 Å². The molecule has 0 aliphatic carbocycles. The van der Waals surface area contributed by atoms with E-state index in [1.807, 2.05) is 0 Å². The average Bonchev–Trinajstić information content (AvgIpc) is 3.54. The van der Waals surface area contributed by atoms with Crippen molar-refractivity contribution in [1.29, 1.82) is 0 Å². The van der Waals surface area contributed by atoms with Crippen LogP contribution in [0.3, 0.4) is 0 Å². The average molecular weight is 630 g/mol. The smallest absolute Gasteiger partial charge is 0.247 e. The van der Waals surface area contributed by atoms with E-state index in [1.54, 1.807) is 0 Å². The van der Waals surface area contributed by atoms with Gasteiger partial charge in [0.1, 0.15) is 12.4 Å². The molecule has 0 aromatic carbocycles. The highest BCUT2D eigenvalue weighted by atomic mass is 15.1. The molecule has 45 heavy (non-hydrogen) atoms. The van der Waals surface area contributed by atoms with Crippen molar-refractivity contribution in [2.24, 2.45) is 0 Å². The largest absolute Gasteiger partial charge is 0.257 e. The Kier molecular flexibility index (Phi) is 31.1. The van der Waals surface area contributed by atoms with Gasteiger partial charge >= 0.3 is 0 Å². The molecule has 2 unspecified atom stereocenters. The number of unbranched alkanes of at least 4 members (excludes halogenated alkanes) is 28. The van der Waals surface area contributed by atoms with Crippen LogP contribution < -0.4 is 4.57 Å². The zero-order valence-electron chi connectivity index (χ0n) is 31.8. The van der Waals surface area contributed by atoms with E-state index in [0.29, 0.717) is 12.0 Å². The van der Waals surface area contributed by atoms with Gasteiger partial charge in [-0.2, -0.15) is 0 Å². The molecule has 1 heterocycles. The Morgan fingerprint density at radius 3 is 1.04 bits per heavy atom. The Balaban J connectivity index is 2.33. The molecule has 266 valence electrons. The highest BCUT2D eigenvalue weighted by molar-refractivity contribution is 4.90. The summed E-state index contributed by atoms with van der Waals surface area (Å²) >= 11 is 0. The summed E-state index contributed by atoms with van der Waals surface area (Å²) < 4.78 is 2.64. The van der Waals surface area contributed by atoms with Crippen LogP contribution in [0.4, 0.5) is 0 Å². The first kappa shape index (κ1) is 42.2. The molecule has 0 bridgehead atoms. The normalized spacial score (nSPS) is 13.1. The number of nitrogens with zero attached hydrogens (tertiary/aromatic N) is 1. The van der Waals surface area contributed by atoms with Crippen LogP contribution >= 0.6 is 0 Å². The molecule has 0 spiro atoms. The monoisotopic (exact) mass is 630 g/mol. The molecule has 1 N–H and O–H groups in total. The van der Waals surface area contributed by atoms with Gasteiger partial charge in [-0.25, -0.2) is 9.55 Å².